The van der Waals surface area contributed by atoms with Crippen molar-refractivity contribution in [2.24, 2.45) is 0 Å². The molecule has 3 heterocycles. The molecule has 2 aliphatic rings. The number of hydrogen-bond donors (Lipinski definition) is 2. The summed E-state index contributed by atoms with van der Waals surface area (Å²) in [4.78, 5) is 6.82. The largest absolute Gasteiger partial charge is 0.490 e. The Hall–Kier alpha value is -3.17. The number of aliphatic hydroxyl groups is 1. The summed E-state index contributed by atoms with van der Waals surface area (Å²) < 4.78 is 23.5. The van der Waals surface area contributed by atoms with Gasteiger partial charge in [0.05, 0.1) is 31.0 Å². The predicted octanol–water partition coefficient (Wildman–Crippen LogP) is 4.36. The number of β-amino-alcohol motifs (C(OH)–C–C–N with tert-alkyl or cyclic N) is 1. The highest BCUT2D eigenvalue weighted by atomic mass is 16.5. The van der Waals surface area contributed by atoms with Gasteiger partial charge in [-0.25, -0.2) is 4.98 Å². The number of fused-ring (bicyclic) bond motifs is 1. The molecule has 2 aliphatic heterocycles. The van der Waals surface area contributed by atoms with Crippen LogP contribution in [-0.4, -0.2) is 68.8 Å². The fraction of sp³-hybridized carbons (Fsp3) is 0.452. The van der Waals surface area contributed by atoms with Crippen LogP contribution in [0.1, 0.15) is 34.7 Å². The fourth-order valence-corrected chi connectivity index (χ4v) is 5.45. The first-order valence-electron chi connectivity index (χ1n) is 13.7. The Morgan fingerprint density at radius 1 is 1.08 bits per heavy atom. The van der Waals surface area contributed by atoms with Gasteiger partial charge in [-0.05, 0) is 67.3 Å². The number of nitrogens with one attached hydrogen (secondary N) is 1. The van der Waals surface area contributed by atoms with E-state index in [1.807, 2.05) is 56.3 Å². The van der Waals surface area contributed by atoms with E-state index in [1.54, 1.807) is 7.11 Å². The number of hydrogen-bond acceptors (Lipinski definition) is 8. The SMILES string of the molecule is COCCCN1CCOc2ccc(COC3CNC[C@@H](O)[C@@H]3c3ccc(Oc4cc(C)cc(C)n4)cc3)cc21. The second kappa shape index (κ2) is 12.8. The molecular weight excluding hydrogens is 494 g/mol. The molecule has 0 aliphatic carbocycles. The van der Waals surface area contributed by atoms with Crippen LogP contribution in [0.25, 0.3) is 0 Å². The van der Waals surface area contributed by atoms with Crippen molar-refractivity contribution in [3.8, 4) is 17.4 Å². The van der Waals surface area contributed by atoms with E-state index in [4.69, 9.17) is 18.9 Å². The number of pyridine rings is 1. The molecule has 1 saturated heterocycles. The van der Waals surface area contributed by atoms with Gasteiger partial charge in [0, 0.05) is 51.0 Å². The van der Waals surface area contributed by atoms with Crippen LogP contribution in [0.4, 0.5) is 5.69 Å². The van der Waals surface area contributed by atoms with E-state index in [0.29, 0.717) is 37.9 Å². The van der Waals surface area contributed by atoms with E-state index in [9.17, 15) is 5.11 Å². The van der Waals surface area contributed by atoms with Crippen molar-refractivity contribution in [1.82, 2.24) is 10.3 Å². The Balaban J connectivity index is 1.26. The standard InChI is InChI=1S/C31H39N3O5/c1-21-15-22(2)33-30(16-21)39-25-8-6-24(7-9-25)31-27(35)18-32-19-29(31)38-20-23-5-10-28-26(17-23)34(12-14-37-28)11-4-13-36-3/h5-10,15-17,27,29,31-32,35H,4,11-14,18-20H2,1-3H3/t27-,29?,31+/m1/s1. The molecule has 0 saturated carbocycles. The number of piperidine rings is 1. The van der Waals surface area contributed by atoms with Gasteiger partial charge in [-0.15, -0.1) is 0 Å². The number of anilines is 1. The highest BCUT2D eigenvalue weighted by molar-refractivity contribution is 5.61. The highest BCUT2D eigenvalue weighted by Gasteiger charge is 2.34. The van der Waals surface area contributed by atoms with Crippen molar-refractivity contribution in [2.45, 2.75) is 45.0 Å². The quantitative estimate of drug-likeness (QED) is 0.372. The zero-order valence-electron chi connectivity index (χ0n) is 23.1. The van der Waals surface area contributed by atoms with Gasteiger partial charge in [-0.3, -0.25) is 0 Å². The van der Waals surface area contributed by atoms with Crippen LogP contribution < -0.4 is 19.7 Å². The lowest BCUT2D eigenvalue weighted by Gasteiger charge is -2.36. The molecule has 8 nitrogen and oxygen atoms in total. The monoisotopic (exact) mass is 533 g/mol. The maximum atomic E-state index is 10.9. The summed E-state index contributed by atoms with van der Waals surface area (Å²) in [6, 6.07) is 18.1. The molecule has 3 atom stereocenters. The lowest BCUT2D eigenvalue weighted by molar-refractivity contribution is -0.0328. The molecule has 0 spiro atoms. The van der Waals surface area contributed by atoms with Gasteiger partial charge < -0.3 is 34.3 Å². The molecule has 2 N–H and O–H groups in total. The molecule has 2 aromatic carbocycles. The minimum absolute atomic E-state index is 0.147. The van der Waals surface area contributed by atoms with Crippen molar-refractivity contribution in [3.63, 3.8) is 0 Å². The summed E-state index contributed by atoms with van der Waals surface area (Å²) in [5.74, 6) is 2.05. The third-order valence-electron chi connectivity index (χ3n) is 7.30. The molecule has 1 aromatic heterocycles. The van der Waals surface area contributed by atoms with E-state index >= 15 is 0 Å². The molecule has 0 radical (unpaired) electrons. The zero-order valence-corrected chi connectivity index (χ0v) is 23.1. The summed E-state index contributed by atoms with van der Waals surface area (Å²) in [6.45, 7) is 8.85. The summed E-state index contributed by atoms with van der Waals surface area (Å²) in [5.41, 5.74) is 5.24. The van der Waals surface area contributed by atoms with E-state index in [0.717, 1.165) is 59.9 Å². The molecule has 1 fully saturated rings. The van der Waals surface area contributed by atoms with E-state index < -0.39 is 6.10 Å². The molecular formula is C31H39N3O5. The molecule has 8 heteroatoms. The van der Waals surface area contributed by atoms with Crippen molar-refractivity contribution >= 4 is 5.69 Å². The van der Waals surface area contributed by atoms with Crippen molar-refractivity contribution < 1.29 is 24.1 Å². The summed E-state index contributed by atoms with van der Waals surface area (Å²) in [7, 11) is 1.74. The van der Waals surface area contributed by atoms with E-state index in [2.05, 4.69) is 27.3 Å². The molecule has 39 heavy (non-hydrogen) atoms. The molecule has 0 bridgehead atoms. The van der Waals surface area contributed by atoms with Crippen molar-refractivity contribution in [2.75, 3.05) is 51.4 Å². The zero-order chi connectivity index (χ0) is 27.2. The smallest absolute Gasteiger partial charge is 0.219 e. The molecule has 208 valence electrons. The Morgan fingerprint density at radius 3 is 2.72 bits per heavy atom. The summed E-state index contributed by atoms with van der Waals surface area (Å²) in [6.07, 6.45) is 0.242. The van der Waals surface area contributed by atoms with Crippen molar-refractivity contribution in [3.05, 3.63) is 77.0 Å². The lowest BCUT2D eigenvalue weighted by atomic mass is 9.85. The maximum Gasteiger partial charge on any atom is 0.219 e. The van der Waals surface area contributed by atoms with Crippen LogP contribution in [-0.2, 0) is 16.1 Å². The molecule has 1 unspecified atom stereocenters. The number of aromatic nitrogens is 1. The highest BCUT2D eigenvalue weighted by Crippen LogP contribution is 2.34. The van der Waals surface area contributed by atoms with Gasteiger partial charge in [-0.2, -0.15) is 0 Å². The normalized spacial score (nSPS) is 20.8. The minimum atomic E-state index is -0.551. The predicted molar refractivity (Wildman–Crippen MR) is 151 cm³/mol. The summed E-state index contributed by atoms with van der Waals surface area (Å²) in [5, 5.41) is 14.2. The van der Waals surface area contributed by atoms with E-state index in [-0.39, 0.29) is 12.0 Å². The lowest BCUT2D eigenvalue weighted by Crippen LogP contribution is -2.49. The van der Waals surface area contributed by atoms with Gasteiger partial charge in [-0.1, -0.05) is 18.2 Å². The Labute approximate surface area is 230 Å². The Kier molecular flexibility index (Phi) is 8.98. The fourth-order valence-electron chi connectivity index (χ4n) is 5.45. The minimum Gasteiger partial charge on any atom is -0.490 e. The van der Waals surface area contributed by atoms with Crippen LogP contribution >= 0.6 is 0 Å². The molecule has 3 aromatic rings. The number of ether oxygens (including phenoxy) is 4. The van der Waals surface area contributed by atoms with Crippen LogP contribution in [0.3, 0.4) is 0 Å². The first kappa shape index (κ1) is 27.4. The summed E-state index contributed by atoms with van der Waals surface area (Å²) >= 11 is 0. The van der Waals surface area contributed by atoms with E-state index in [1.165, 1.54) is 0 Å². The number of aryl methyl sites for hydroxylation is 2. The first-order valence-corrected chi connectivity index (χ1v) is 13.7. The number of rotatable bonds is 10. The third-order valence-corrected chi connectivity index (χ3v) is 7.30. The molecule has 5 rings (SSSR count). The van der Waals surface area contributed by atoms with Crippen molar-refractivity contribution in [1.29, 1.82) is 0 Å². The van der Waals surface area contributed by atoms with Gasteiger partial charge in [0.25, 0.3) is 0 Å². The van der Waals surface area contributed by atoms with Gasteiger partial charge >= 0.3 is 0 Å². The number of aliphatic hydroxyl groups excluding tert-OH is 1. The topological polar surface area (TPSA) is 85.3 Å². The van der Waals surface area contributed by atoms with Gasteiger partial charge in [0.15, 0.2) is 0 Å². The maximum absolute atomic E-state index is 10.9. The Morgan fingerprint density at radius 2 is 1.92 bits per heavy atom. The second-order valence-electron chi connectivity index (χ2n) is 10.4. The van der Waals surface area contributed by atoms with Crippen LogP contribution in [0, 0.1) is 13.8 Å². The van der Waals surface area contributed by atoms with Crippen LogP contribution in [0.5, 0.6) is 17.4 Å². The average molecular weight is 534 g/mol. The second-order valence-corrected chi connectivity index (χ2v) is 10.4. The Bertz CT molecular complexity index is 1220. The van der Waals surface area contributed by atoms with Crippen LogP contribution in [0.15, 0.2) is 54.6 Å². The average Bonchev–Trinajstić information content (AvgIpc) is 2.92. The number of nitrogens with zero attached hydrogens (tertiary/aromatic N) is 2. The number of benzene rings is 2. The van der Waals surface area contributed by atoms with Gasteiger partial charge in [0.2, 0.25) is 5.88 Å². The number of methoxy groups -OCH3 is 1. The first-order chi connectivity index (χ1) is 19.0. The third kappa shape index (κ3) is 6.89. The van der Waals surface area contributed by atoms with Crippen LogP contribution in [0.2, 0.25) is 0 Å². The van der Waals surface area contributed by atoms with Gasteiger partial charge in [0.1, 0.15) is 18.1 Å². The molecule has 0 amide bonds.